The largest absolute Gasteiger partial charge is 0.506 e. The van der Waals surface area contributed by atoms with E-state index < -0.39 is 0 Å². The number of aliphatic hydroxyl groups excluding tert-OH is 1. The van der Waals surface area contributed by atoms with Crippen molar-refractivity contribution in [3.8, 4) is 6.07 Å². The second-order valence-electron chi connectivity index (χ2n) is 5.76. The maximum Gasteiger partial charge on any atom is 0.166 e. The van der Waals surface area contributed by atoms with E-state index in [1.165, 1.54) is 0 Å². The fraction of sp³-hybridized carbons (Fsp3) is 0. The molecule has 7 nitrogen and oxygen atoms in total. The predicted octanol–water partition coefficient (Wildman–Crippen LogP) is 1.06. The molecule has 0 unspecified atom stereocenters. The average Bonchev–Trinajstić information content (AvgIpc) is 3.25. The van der Waals surface area contributed by atoms with E-state index in [9.17, 15) is 10.4 Å². The molecular weight excluding hydrogens is 360 g/mol. The van der Waals surface area contributed by atoms with E-state index in [2.05, 4.69) is 16.0 Å². The molecule has 0 atom stereocenters. The van der Waals surface area contributed by atoms with Crippen LogP contribution in [0.4, 0.5) is 0 Å². The lowest BCUT2D eigenvalue weighted by Crippen LogP contribution is -2.38. The highest BCUT2D eigenvalue weighted by atomic mass is 32.1. The Morgan fingerprint density at radius 1 is 1.19 bits per heavy atom. The van der Waals surface area contributed by atoms with Crippen molar-refractivity contribution in [2.75, 3.05) is 5.84 Å². The molecule has 0 aliphatic carbocycles. The summed E-state index contributed by atoms with van der Waals surface area (Å²) in [6.07, 6.45) is 0. The molecule has 4 rings (SSSR count). The molecule has 0 aliphatic rings. The van der Waals surface area contributed by atoms with Crippen LogP contribution in [0, 0.1) is 16.7 Å². The minimum Gasteiger partial charge on any atom is -0.506 e. The third-order valence-electron chi connectivity index (χ3n) is 4.09. The molecule has 0 radical (unpaired) electrons. The Hall–Kier alpha value is -3.83. The zero-order valence-corrected chi connectivity index (χ0v) is 14.8. The fourth-order valence-electron chi connectivity index (χ4n) is 2.74. The number of H-pyrrole nitrogens is 1. The number of nitriles is 1. The number of nitrogens with two attached hydrogens (primary N) is 1. The summed E-state index contributed by atoms with van der Waals surface area (Å²) in [4.78, 5) is 7.53. The monoisotopic (exact) mass is 374 g/mol. The first-order valence-corrected chi connectivity index (χ1v) is 8.81. The maximum absolute atomic E-state index is 10.6. The highest BCUT2D eigenvalue weighted by Gasteiger charge is 2.14. The third-order valence-corrected chi connectivity index (χ3v) is 5.27. The lowest BCUT2D eigenvalue weighted by Gasteiger charge is -1.96. The second-order valence-corrected chi connectivity index (χ2v) is 6.76. The lowest BCUT2D eigenvalue weighted by molar-refractivity contribution is 0.508. The number of fused-ring (bicyclic) bond motifs is 1. The predicted molar refractivity (Wildman–Crippen MR) is 103 cm³/mol. The highest BCUT2D eigenvalue weighted by molar-refractivity contribution is 7.07. The summed E-state index contributed by atoms with van der Waals surface area (Å²) in [5, 5.41) is 28.5. The minimum absolute atomic E-state index is 0.0575. The van der Waals surface area contributed by atoms with Crippen molar-refractivity contribution in [1.29, 1.82) is 10.7 Å². The van der Waals surface area contributed by atoms with Gasteiger partial charge in [-0.1, -0.05) is 42.5 Å². The maximum atomic E-state index is 10.6. The van der Waals surface area contributed by atoms with Crippen molar-refractivity contribution in [3.05, 3.63) is 80.7 Å². The smallest absolute Gasteiger partial charge is 0.166 e. The molecule has 27 heavy (non-hydrogen) atoms. The number of nitrogens with zero attached hydrogens (tertiary/aromatic N) is 3. The molecule has 2 heterocycles. The van der Waals surface area contributed by atoms with Crippen LogP contribution < -0.4 is 20.5 Å². The van der Waals surface area contributed by atoms with Crippen LogP contribution in [-0.4, -0.2) is 19.8 Å². The van der Waals surface area contributed by atoms with Gasteiger partial charge in [0.25, 0.3) is 0 Å². The number of aromatic amines is 1. The summed E-state index contributed by atoms with van der Waals surface area (Å²) in [5.41, 5.74) is 2.22. The summed E-state index contributed by atoms with van der Waals surface area (Å²) in [7, 11) is 0. The Balaban J connectivity index is 2.04. The normalized spacial score (nSPS) is 13.3. The van der Waals surface area contributed by atoms with Gasteiger partial charge in [-0.25, -0.2) is 9.66 Å². The van der Waals surface area contributed by atoms with Gasteiger partial charge >= 0.3 is 0 Å². The van der Waals surface area contributed by atoms with Crippen molar-refractivity contribution in [1.82, 2.24) is 14.6 Å². The zero-order chi connectivity index (χ0) is 19.0. The Bertz CT molecular complexity index is 1340. The molecule has 4 aromatic rings. The molecule has 8 heteroatoms. The SMILES string of the molecule is N#C/C(c1nc2ccccc2[nH]1)=c1\s/c(=C(\O)c2ccccc2)c(=N)n1N. The van der Waals surface area contributed by atoms with Crippen LogP contribution in [0.1, 0.15) is 11.4 Å². The second kappa shape index (κ2) is 6.48. The van der Waals surface area contributed by atoms with E-state index in [0.29, 0.717) is 16.1 Å². The average molecular weight is 374 g/mol. The molecule has 0 aliphatic heterocycles. The van der Waals surface area contributed by atoms with Crippen LogP contribution in [0.15, 0.2) is 54.6 Å². The summed E-state index contributed by atoms with van der Waals surface area (Å²) in [6, 6.07) is 18.5. The van der Waals surface area contributed by atoms with Crippen LogP contribution in [0.5, 0.6) is 0 Å². The molecule has 132 valence electrons. The number of benzene rings is 2. The standard InChI is InChI=1S/C19H14N6OS/c20-10-12(18-23-13-8-4-5-9-14(13)24-18)19-25(22)17(21)16(27-19)15(26)11-6-2-1-3-7-11/h1-9,21,26H,22H2,(H,23,24)/b16-15-,19-12+,21-17?. The molecule has 0 saturated carbocycles. The number of rotatable bonds is 2. The number of nitrogen functional groups attached to an aromatic ring is 1. The van der Waals surface area contributed by atoms with Crippen molar-refractivity contribution in [3.63, 3.8) is 0 Å². The van der Waals surface area contributed by atoms with Crippen LogP contribution in [0.25, 0.3) is 22.4 Å². The molecule has 2 aromatic heterocycles. The molecule has 0 bridgehead atoms. The van der Waals surface area contributed by atoms with Crippen molar-refractivity contribution < 1.29 is 5.11 Å². The van der Waals surface area contributed by atoms with Crippen molar-refractivity contribution in [2.45, 2.75) is 0 Å². The van der Waals surface area contributed by atoms with E-state index in [1.54, 1.807) is 24.3 Å². The number of aromatic nitrogens is 3. The molecule has 0 fully saturated rings. The van der Waals surface area contributed by atoms with Gasteiger partial charge in [0.05, 0.1) is 11.0 Å². The molecule has 2 aromatic carbocycles. The minimum atomic E-state index is -0.0831. The van der Waals surface area contributed by atoms with Crippen molar-refractivity contribution >= 4 is 33.7 Å². The van der Waals surface area contributed by atoms with Gasteiger partial charge in [0.15, 0.2) is 11.3 Å². The summed E-state index contributed by atoms with van der Waals surface area (Å²) in [6.45, 7) is 0. The molecular formula is C19H14N6OS. The van der Waals surface area contributed by atoms with Gasteiger partial charge in [-0.05, 0) is 12.1 Å². The number of hydrogen-bond acceptors (Lipinski definition) is 6. The molecule has 0 amide bonds. The number of para-hydroxylation sites is 2. The highest BCUT2D eigenvalue weighted by Crippen LogP contribution is 2.14. The fourth-order valence-corrected chi connectivity index (χ4v) is 3.77. The summed E-state index contributed by atoms with van der Waals surface area (Å²) in [5.74, 6) is 6.34. The van der Waals surface area contributed by atoms with Gasteiger partial charge in [-0.15, -0.1) is 11.3 Å². The lowest BCUT2D eigenvalue weighted by atomic mass is 10.2. The van der Waals surface area contributed by atoms with Gasteiger partial charge in [-0.3, -0.25) is 5.41 Å². The van der Waals surface area contributed by atoms with Gasteiger partial charge in [0.2, 0.25) is 0 Å². The van der Waals surface area contributed by atoms with E-state index in [-0.39, 0.29) is 21.4 Å². The number of nitrogens with one attached hydrogen (secondary N) is 2. The van der Waals surface area contributed by atoms with Gasteiger partial charge in [0.1, 0.15) is 26.6 Å². The third kappa shape index (κ3) is 2.76. The van der Waals surface area contributed by atoms with E-state index in [0.717, 1.165) is 27.0 Å². The van der Waals surface area contributed by atoms with Crippen molar-refractivity contribution in [2.24, 2.45) is 0 Å². The first-order valence-electron chi connectivity index (χ1n) is 8.00. The van der Waals surface area contributed by atoms with Crippen LogP contribution in [0.2, 0.25) is 0 Å². The number of hydrogen-bond donors (Lipinski definition) is 4. The number of thiazole rings is 1. The van der Waals surface area contributed by atoms with E-state index >= 15 is 0 Å². The number of aliphatic hydroxyl groups is 1. The Morgan fingerprint density at radius 2 is 1.89 bits per heavy atom. The van der Waals surface area contributed by atoms with Crippen LogP contribution in [-0.2, 0) is 0 Å². The molecule has 0 spiro atoms. The topological polar surface area (TPSA) is 128 Å². The Labute approximate surface area is 157 Å². The Morgan fingerprint density at radius 3 is 2.59 bits per heavy atom. The first kappa shape index (κ1) is 16.6. The van der Waals surface area contributed by atoms with E-state index in [1.807, 2.05) is 30.3 Å². The quantitative estimate of drug-likeness (QED) is 0.391. The zero-order valence-electron chi connectivity index (χ0n) is 14.0. The molecule has 0 saturated heterocycles. The Kier molecular flexibility index (Phi) is 3.99. The van der Waals surface area contributed by atoms with E-state index in [4.69, 9.17) is 11.3 Å². The van der Waals surface area contributed by atoms with Crippen LogP contribution >= 0.6 is 11.3 Å². The van der Waals surface area contributed by atoms with Gasteiger partial charge < -0.3 is 15.9 Å². The summed E-state index contributed by atoms with van der Waals surface area (Å²) < 4.78 is 1.70. The van der Waals surface area contributed by atoms with Crippen LogP contribution in [0.3, 0.4) is 0 Å². The molecule has 5 N–H and O–H groups in total. The number of imidazole rings is 1. The first-order chi connectivity index (χ1) is 13.1. The van der Waals surface area contributed by atoms with Gasteiger partial charge in [-0.2, -0.15) is 5.26 Å². The summed E-state index contributed by atoms with van der Waals surface area (Å²) >= 11 is 1.07. The van der Waals surface area contributed by atoms with Gasteiger partial charge in [0, 0.05) is 5.56 Å².